The van der Waals surface area contributed by atoms with Gasteiger partial charge in [0.15, 0.2) is 0 Å². The minimum Gasteiger partial charge on any atom is -0.508 e. The Morgan fingerprint density at radius 3 is 1.71 bits per heavy atom. The highest BCUT2D eigenvalue weighted by molar-refractivity contribution is 7.86. The number of aromatic hydroxyl groups is 2. The van der Waals surface area contributed by atoms with Gasteiger partial charge in [0, 0.05) is 0 Å². The molecule has 194 valence electrons. The van der Waals surface area contributed by atoms with Crippen molar-refractivity contribution in [2.24, 2.45) is 20.5 Å². The van der Waals surface area contributed by atoms with E-state index in [0.717, 1.165) is 17.2 Å². The molecule has 0 atom stereocenters. The molecule has 0 fully saturated rings. The molecule has 0 bridgehead atoms. The van der Waals surface area contributed by atoms with Crippen LogP contribution in [0.1, 0.15) is 11.1 Å². The highest BCUT2D eigenvalue weighted by atomic mass is 35.5. The zero-order valence-electron chi connectivity index (χ0n) is 19.9. The number of hydrogen-bond acceptors (Lipinski definition) is 8. The van der Waals surface area contributed by atoms with Gasteiger partial charge in [-0.15, -0.1) is 14.1 Å². The van der Waals surface area contributed by atoms with Crippen molar-refractivity contribution in [2.75, 3.05) is 0 Å². The van der Waals surface area contributed by atoms with E-state index in [1.807, 2.05) is 0 Å². The van der Waals surface area contributed by atoms with Crippen LogP contribution in [0.3, 0.4) is 0 Å². The van der Waals surface area contributed by atoms with E-state index >= 15 is 0 Å². The zero-order chi connectivity index (χ0) is 27.6. The van der Waals surface area contributed by atoms with Gasteiger partial charge in [-0.25, -0.2) is 0 Å². The van der Waals surface area contributed by atoms with E-state index in [4.69, 9.17) is 23.2 Å². The molecule has 8 nitrogen and oxygen atoms in total. The first-order chi connectivity index (χ1) is 17.9. The van der Waals surface area contributed by atoms with Crippen LogP contribution < -0.4 is 0 Å². The smallest absolute Gasteiger partial charge is 0.335 e. The number of phenolic OH excluding ortho intramolecular Hbond substituents is 2. The number of nitrogens with zero attached hydrogens (tertiary/aromatic N) is 4. The fourth-order valence-electron chi connectivity index (χ4n) is 3.43. The number of rotatable bonds is 6. The van der Waals surface area contributed by atoms with Gasteiger partial charge in [-0.3, -0.25) is 0 Å². The van der Waals surface area contributed by atoms with E-state index in [2.05, 4.69) is 20.5 Å². The molecule has 0 heterocycles. The Balaban J connectivity index is 1.56. The molecule has 0 aromatic heterocycles. The number of phenols is 2. The van der Waals surface area contributed by atoms with Crippen molar-refractivity contribution in [3.63, 3.8) is 0 Å². The molecular weight excluding hydrogens is 554 g/mol. The highest BCUT2D eigenvalue weighted by Gasteiger charge is 2.20. The van der Waals surface area contributed by atoms with Crippen LogP contribution in [0.4, 0.5) is 26.6 Å². The van der Waals surface area contributed by atoms with Crippen LogP contribution in [-0.4, -0.2) is 18.6 Å². The first kappa shape index (κ1) is 27.2. The lowest BCUT2D eigenvalue weighted by molar-refractivity contribution is 0.451. The summed E-state index contributed by atoms with van der Waals surface area (Å²) in [4.78, 5) is -0.883. The highest BCUT2D eigenvalue weighted by Crippen LogP contribution is 2.37. The van der Waals surface area contributed by atoms with Crippen LogP contribution >= 0.6 is 23.2 Å². The monoisotopic (exact) mass is 572 g/mol. The lowest BCUT2D eigenvalue weighted by atomic mass is 10.1. The molecule has 0 aliphatic heterocycles. The Hall–Kier alpha value is -3.86. The molecule has 38 heavy (non-hydrogen) atoms. The van der Waals surface area contributed by atoms with Gasteiger partial charge in [-0.1, -0.05) is 35.3 Å². The SMILES string of the molecule is Cc1cc(N=Nc2ccc(-c3ccc(N=Nc4cc(C)c(O)c(S(=O)(=O)F)c4)c(Cl)c3)cc2Cl)ccc1O. The van der Waals surface area contributed by atoms with Crippen LogP contribution in [-0.2, 0) is 10.2 Å². The third-order valence-corrected chi connectivity index (χ3v) is 6.91. The Morgan fingerprint density at radius 1 is 0.684 bits per heavy atom. The summed E-state index contributed by atoms with van der Waals surface area (Å²) in [7, 11) is -5.14. The van der Waals surface area contributed by atoms with Gasteiger partial charge in [0.1, 0.15) is 27.8 Å². The van der Waals surface area contributed by atoms with E-state index < -0.39 is 20.9 Å². The van der Waals surface area contributed by atoms with Crippen LogP contribution in [0.5, 0.6) is 11.5 Å². The predicted molar refractivity (Wildman–Crippen MR) is 144 cm³/mol. The molecule has 0 saturated carbocycles. The van der Waals surface area contributed by atoms with E-state index in [9.17, 15) is 22.5 Å². The van der Waals surface area contributed by atoms with Gasteiger partial charge in [0.2, 0.25) is 0 Å². The Kier molecular flexibility index (Phi) is 7.77. The summed E-state index contributed by atoms with van der Waals surface area (Å²) in [5.74, 6) is -0.509. The molecule has 4 rings (SSSR count). The van der Waals surface area contributed by atoms with E-state index in [-0.39, 0.29) is 27.7 Å². The molecule has 0 unspecified atom stereocenters. The molecule has 0 spiro atoms. The number of hydrogen-bond donors (Lipinski definition) is 2. The quantitative estimate of drug-likeness (QED) is 0.176. The molecule has 0 saturated heterocycles. The summed E-state index contributed by atoms with van der Waals surface area (Å²) in [6.07, 6.45) is 0. The molecular formula is C26H19Cl2FN4O4S. The topological polar surface area (TPSA) is 124 Å². The number of aryl methyl sites for hydroxylation is 2. The van der Waals surface area contributed by atoms with Gasteiger partial charge in [0.25, 0.3) is 0 Å². The summed E-state index contributed by atoms with van der Waals surface area (Å²) in [5, 5.41) is 36.4. The Morgan fingerprint density at radius 2 is 1.21 bits per heavy atom. The number of halogens is 3. The van der Waals surface area contributed by atoms with Crippen LogP contribution in [0.2, 0.25) is 10.0 Å². The largest absolute Gasteiger partial charge is 0.508 e. The van der Waals surface area contributed by atoms with Crippen molar-refractivity contribution in [1.29, 1.82) is 0 Å². The third-order valence-electron chi connectivity index (χ3n) is 5.47. The van der Waals surface area contributed by atoms with Crippen molar-refractivity contribution in [3.05, 3.63) is 87.9 Å². The normalized spacial score (nSPS) is 12.0. The molecule has 0 aliphatic carbocycles. The van der Waals surface area contributed by atoms with Crippen LogP contribution in [0.15, 0.2) is 92.1 Å². The number of benzene rings is 4. The minimum atomic E-state index is -5.14. The maximum Gasteiger partial charge on any atom is 0.335 e. The first-order valence-corrected chi connectivity index (χ1v) is 13.1. The maximum atomic E-state index is 13.5. The summed E-state index contributed by atoms with van der Waals surface area (Å²) in [5.41, 5.74) is 3.63. The second-order valence-corrected chi connectivity index (χ2v) is 10.4. The molecule has 4 aromatic rings. The van der Waals surface area contributed by atoms with Crippen molar-refractivity contribution in [3.8, 4) is 22.6 Å². The van der Waals surface area contributed by atoms with Crippen LogP contribution in [0, 0.1) is 13.8 Å². The van der Waals surface area contributed by atoms with Gasteiger partial charge in [0.05, 0.1) is 21.4 Å². The van der Waals surface area contributed by atoms with E-state index in [1.165, 1.54) is 13.0 Å². The second kappa shape index (κ2) is 10.9. The minimum absolute atomic E-state index is 0.0238. The summed E-state index contributed by atoms with van der Waals surface area (Å²) >= 11 is 12.8. The molecule has 0 amide bonds. The summed E-state index contributed by atoms with van der Waals surface area (Å²) in [6, 6.07) is 17.3. The maximum absolute atomic E-state index is 13.5. The van der Waals surface area contributed by atoms with E-state index in [0.29, 0.717) is 22.0 Å². The summed E-state index contributed by atoms with van der Waals surface area (Å²) in [6.45, 7) is 3.17. The standard InChI is InChI=1S/C26H19Cl2FN4O4S/c1-14-9-18(5-8-24(14)34)30-32-22-6-3-16(11-20(22)27)17-4-7-23(21(28)12-17)33-31-19-10-15(2)26(35)25(13-19)38(29,36)37/h3-13,34-35H,1-2H3. The molecule has 2 N–H and O–H groups in total. The lowest BCUT2D eigenvalue weighted by Crippen LogP contribution is -1.93. The molecule has 4 aromatic carbocycles. The molecule has 0 radical (unpaired) electrons. The Bertz CT molecular complexity index is 1730. The van der Waals surface area contributed by atoms with Gasteiger partial charge >= 0.3 is 10.2 Å². The second-order valence-electron chi connectivity index (χ2n) is 8.25. The van der Waals surface area contributed by atoms with Crippen LogP contribution in [0.25, 0.3) is 11.1 Å². The van der Waals surface area contributed by atoms with Gasteiger partial charge in [-0.2, -0.15) is 18.6 Å². The number of azo groups is 2. The molecule has 12 heteroatoms. The van der Waals surface area contributed by atoms with Gasteiger partial charge in [-0.05, 0) is 90.7 Å². The fraction of sp³-hybridized carbons (Fsp3) is 0.0769. The zero-order valence-corrected chi connectivity index (χ0v) is 22.2. The average Bonchev–Trinajstić information content (AvgIpc) is 2.85. The summed E-state index contributed by atoms with van der Waals surface area (Å²) < 4.78 is 36.0. The lowest BCUT2D eigenvalue weighted by Gasteiger charge is -2.07. The first-order valence-electron chi connectivity index (χ1n) is 10.9. The molecule has 0 aliphatic rings. The third kappa shape index (κ3) is 6.16. The van der Waals surface area contributed by atoms with Crippen molar-refractivity contribution in [1.82, 2.24) is 0 Å². The van der Waals surface area contributed by atoms with Crippen molar-refractivity contribution in [2.45, 2.75) is 18.7 Å². The predicted octanol–water partition coefficient (Wildman–Crippen LogP) is 9.18. The van der Waals surface area contributed by atoms with Crippen molar-refractivity contribution < 1.29 is 22.5 Å². The van der Waals surface area contributed by atoms with Crippen molar-refractivity contribution >= 4 is 56.2 Å². The fourth-order valence-corrected chi connectivity index (χ4v) is 4.52. The Labute approximate surface area is 228 Å². The van der Waals surface area contributed by atoms with Gasteiger partial charge < -0.3 is 10.2 Å². The average molecular weight is 573 g/mol. The van der Waals surface area contributed by atoms with E-state index in [1.54, 1.807) is 61.5 Å².